The van der Waals surface area contributed by atoms with Crippen molar-refractivity contribution in [3.8, 4) is 11.5 Å². The average Bonchev–Trinajstić information content (AvgIpc) is 2.91. The third-order valence-electron chi connectivity index (χ3n) is 4.80. The highest BCUT2D eigenvalue weighted by Crippen LogP contribution is 2.46. The number of benzene rings is 1. The van der Waals surface area contributed by atoms with Crippen LogP contribution in [0.15, 0.2) is 18.2 Å². The van der Waals surface area contributed by atoms with Gasteiger partial charge in [-0.15, -0.1) is 28.3 Å². The molecule has 2 aliphatic rings. The Morgan fingerprint density at radius 3 is 2.73 bits per heavy atom. The molecule has 2 aromatic rings. The third kappa shape index (κ3) is 2.36. The summed E-state index contributed by atoms with van der Waals surface area (Å²) in [6, 6.07) is 6.29. The minimum atomic E-state index is -0.00697. The fourth-order valence-electron chi connectivity index (χ4n) is 3.74. The number of aryl methyl sites for hydroxylation is 2. The number of nitrogens with one attached hydrogen (secondary N) is 1. The van der Waals surface area contributed by atoms with E-state index in [2.05, 4.69) is 18.3 Å². The van der Waals surface area contributed by atoms with E-state index in [4.69, 9.17) is 0 Å². The lowest BCUT2D eigenvalue weighted by atomic mass is 9.74. The third-order valence-corrected chi connectivity index (χ3v) is 6.09. The molecule has 0 fully saturated rings. The predicted octanol–water partition coefficient (Wildman–Crippen LogP) is 3.85. The number of hydrogen-bond acceptors (Lipinski definition) is 4. The molecular weight excluding hydrogens is 362 g/mol. The largest absolute Gasteiger partial charge is 0.504 e. The minimum Gasteiger partial charge on any atom is -0.504 e. The standard InChI is InChI=1S/C17H19NO2S.BrH/c1-2-10-6-12-16(21-10)8-18-13-4-3-9-5-14(19)15(20)7-11(9)17(12)13;/h5-7,13,17-20H,2-4,8H2,1H3;1H/t13-,17+;/m1./s1. The molecule has 3 nitrogen and oxygen atoms in total. The van der Waals surface area contributed by atoms with Crippen LogP contribution in [0.3, 0.4) is 0 Å². The van der Waals surface area contributed by atoms with Crippen molar-refractivity contribution in [2.24, 2.45) is 0 Å². The molecule has 0 spiro atoms. The number of hydrogen-bond donors (Lipinski definition) is 3. The van der Waals surface area contributed by atoms with E-state index in [0.717, 1.165) is 25.8 Å². The molecule has 1 aromatic carbocycles. The molecule has 118 valence electrons. The SMILES string of the molecule is Br.CCc1cc2c(s1)CN[C@@H]1CCc3cc(O)c(O)cc3[C@@H]21. The number of phenolic OH excluding ortho intramolecular Hbond substituents is 2. The average molecular weight is 382 g/mol. The molecule has 1 aliphatic carbocycles. The van der Waals surface area contributed by atoms with Gasteiger partial charge in [-0.1, -0.05) is 6.92 Å². The van der Waals surface area contributed by atoms with Crippen molar-refractivity contribution in [2.75, 3.05) is 0 Å². The molecule has 2 heterocycles. The van der Waals surface area contributed by atoms with Crippen molar-refractivity contribution < 1.29 is 10.2 Å². The first-order valence-electron chi connectivity index (χ1n) is 7.57. The first kappa shape index (κ1) is 15.8. The fraction of sp³-hybridized carbons (Fsp3) is 0.412. The quantitative estimate of drug-likeness (QED) is 0.657. The molecule has 4 rings (SSSR count). The van der Waals surface area contributed by atoms with E-state index < -0.39 is 0 Å². The second-order valence-corrected chi connectivity index (χ2v) is 7.21. The zero-order valence-corrected chi connectivity index (χ0v) is 15.0. The van der Waals surface area contributed by atoms with Crippen LogP contribution < -0.4 is 5.32 Å². The Morgan fingerprint density at radius 1 is 1.18 bits per heavy atom. The maximum Gasteiger partial charge on any atom is 0.157 e. The van der Waals surface area contributed by atoms with E-state index in [-0.39, 0.29) is 28.5 Å². The van der Waals surface area contributed by atoms with Gasteiger partial charge in [0.15, 0.2) is 11.5 Å². The highest BCUT2D eigenvalue weighted by molar-refractivity contribution is 8.93. The molecule has 0 amide bonds. The molecule has 1 aromatic heterocycles. The molecule has 0 unspecified atom stereocenters. The van der Waals surface area contributed by atoms with Crippen molar-refractivity contribution in [1.82, 2.24) is 5.32 Å². The number of halogens is 1. The lowest BCUT2D eigenvalue weighted by Gasteiger charge is -2.38. The summed E-state index contributed by atoms with van der Waals surface area (Å²) in [7, 11) is 0. The highest BCUT2D eigenvalue weighted by atomic mass is 79.9. The predicted molar refractivity (Wildman–Crippen MR) is 94.6 cm³/mol. The normalized spacial score (nSPS) is 22.2. The van der Waals surface area contributed by atoms with Gasteiger partial charge in [-0.05, 0) is 54.2 Å². The van der Waals surface area contributed by atoms with E-state index >= 15 is 0 Å². The summed E-state index contributed by atoms with van der Waals surface area (Å²) in [5.41, 5.74) is 3.77. The molecule has 0 radical (unpaired) electrons. The van der Waals surface area contributed by atoms with Crippen LogP contribution in [0.2, 0.25) is 0 Å². The first-order valence-corrected chi connectivity index (χ1v) is 8.38. The van der Waals surface area contributed by atoms with Crippen LogP contribution >= 0.6 is 28.3 Å². The second kappa shape index (κ2) is 5.87. The van der Waals surface area contributed by atoms with Crippen LogP contribution in [0.5, 0.6) is 11.5 Å². The summed E-state index contributed by atoms with van der Waals surface area (Å²) >= 11 is 1.90. The van der Waals surface area contributed by atoms with Crippen LogP contribution in [0.1, 0.15) is 45.7 Å². The smallest absolute Gasteiger partial charge is 0.157 e. The molecule has 0 saturated heterocycles. The molecule has 5 heteroatoms. The Bertz CT molecular complexity index is 713. The Labute approximate surface area is 144 Å². The number of thiophene rings is 1. The Kier molecular flexibility index (Phi) is 4.23. The van der Waals surface area contributed by atoms with Crippen LogP contribution in [-0.2, 0) is 19.4 Å². The van der Waals surface area contributed by atoms with E-state index in [1.807, 2.05) is 11.3 Å². The monoisotopic (exact) mass is 381 g/mol. The number of fused-ring (bicyclic) bond motifs is 5. The van der Waals surface area contributed by atoms with Gasteiger partial charge in [0, 0.05) is 28.3 Å². The first-order chi connectivity index (χ1) is 10.2. The van der Waals surface area contributed by atoms with Crippen molar-refractivity contribution in [2.45, 2.75) is 44.7 Å². The lowest BCUT2D eigenvalue weighted by molar-refractivity contribution is 0.382. The summed E-state index contributed by atoms with van der Waals surface area (Å²) in [4.78, 5) is 2.85. The van der Waals surface area contributed by atoms with Gasteiger partial charge in [-0.2, -0.15) is 0 Å². The highest BCUT2D eigenvalue weighted by Gasteiger charge is 2.36. The zero-order valence-electron chi connectivity index (χ0n) is 12.4. The summed E-state index contributed by atoms with van der Waals surface area (Å²) in [5.74, 6) is 0.295. The van der Waals surface area contributed by atoms with Crippen molar-refractivity contribution in [3.63, 3.8) is 0 Å². The molecule has 0 bridgehead atoms. The van der Waals surface area contributed by atoms with Gasteiger partial charge in [-0.25, -0.2) is 0 Å². The van der Waals surface area contributed by atoms with E-state index in [1.54, 1.807) is 12.1 Å². The van der Waals surface area contributed by atoms with Gasteiger partial charge in [0.25, 0.3) is 0 Å². The number of phenols is 2. The van der Waals surface area contributed by atoms with Crippen molar-refractivity contribution >= 4 is 28.3 Å². The summed E-state index contributed by atoms with van der Waals surface area (Å²) in [6.07, 6.45) is 3.11. The van der Waals surface area contributed by atoms with Crippen LogP contribution in [0.25, 0.3) is 0 Å². The minimum absolute atomic E-state index is 0. The Morgan fingerprint density at radius 2 is 1.95 bits per heavy atom. The fourth-order valence-corrected chi connectivity index (χ4v) is 4.85. The summed E-state index contributed by atoms with van der Waals surface area (Å²) in [5, 5.41) is 23.3. The second-order valence-electron chi connectivity index (χ2n) is 5.99. The van der Waals surface area contributed by atoms with Gasteiger partial charge in [0.2, 0.25) is 0 Å². The Hall–Kier alpha value is -1.04. The van der Waals surface area contributed by atoms with E-state index in [9.17, 15) is 10.2 Å². The molecule has 0 saturated carbocycles. The van der Waals surface area contributed by atoms with Crippen LogP contribution in [-0.4, -0.2) is 16.3 Å². The van der Waals surface area contributed by atoms with Gasteiger partial charge >= 0.3 is 0 Å². The van der Waals surface area contributed by atoms with Gasteiger partial charge < -0.3 is 15.5 Å². The van der Waals surface area contributed by atoms with Gasteiger partial charge in [0.05, 0.1) is 0 Å². The molecule has 2 atom stereocenters. The molecule has 3 N–H and O–H groups in total. The molecular formula is C17H20BrNO2S. The zero-order chi connectivity index (χ0) is 14.6. The van der Waals surface area contributed by atoms with Crippen LogP contribution in [0, 0.1) is 0 Å². The number of rotatable bonds is 1. The maximum absolute atomic E-state index is 9.90. The Balaban J connectivity index is 0.00000144. The molecule has 22 heavy (non-hydrogen) atoms. The van der Waals surface area contributed by atoms with Gasteiger partial charge in [0.1, 0.15) is 0 Å². The number of aromatic hydroxyl groups is 2. The van der Waals surface area contributed by atoms with Gasteiger partial charge in [-0.3, -0.25) is 0 Å². The maximum atomic E-state index is 9.90. The van der Waals surface area contributed by atoms with Crippen LogP contribution in [0.4, 0.5) is 0 Å². The van der Waals surface area contributed by atoms with E-state index in [1.165, 1.54) is 26.4 Å². The molecule has 1 aliphatic heterocycles. The van der Waals surface area contributed by atoms with E-state index in [0.29, 0.717) is 12.0 Å². The topological polar surface area (TPSA) is 52.5 Å². The van der Waals surface area contributed by atoms with Crippen molar-refractivity contribution in [3.05, 3.63) is 44.6 Å². The lowest BCUT2D eigenvalue weighted by Crippen LogP contribution is -2.41. The summed E-state index contributed by atoms with van der Waals surface area (Å²) < 4.78 is 0. The summed E-state index contributed by atoms with van der Waals surface area (Å²) in [6.45, 7) is 3.15. The van der Waals surface area contributed by atoms with Crippen molar-refractivity contribution in [1.29, 1.82) is 0 Å².